The van der Waals surface area contributed by atoms with Crippen LogP contribution >= 0.6 is 0 Å². The van der Waals surface area contributed by atoms with Crippen LogP contribution in [0.15, 0.2) is 30.3 Å². The van der Waals surface area contributed by atoms with Gasteiger partial charge in [0, 0.05) is 22.6 Å². The molecular weight excluding hydrogens is 253 g/mol. The van der Waals surface area contributed by atoms with Crippen molar-refractivity contribution in [3.63, 3.8) is 0 Å². The fraction of sp³-hybridized carbons (Fsp3) is 0.412. The maximum Gasteiger partial charge on any atom is 0.123 e. The van der Waals surface area contributed by atoms with Crippen molar-refractivity contribution in [2.75, 3.05) is 0 Å². The number of aliphatic hydroxyl groups is 1. The third kappa shape index (κ3) is 2.16. The summed E-state index contributed by atoms with van der Waals surface area (Å²) in [5, 5.41) is 10.4. The van der Waals surface area contributed by atoms with Gasteiger partial charge in [-0.3, -0.25) is 0 Å². The van der Waals surface area contributed by atoms with E-state index in [1.807, 2.05) is 6.92 Å². The first kappa shape index (κ1) is 13.4. The molecule has 1 aromatic heterocycles. The fourth-order valence-electron chi connectivity index (χ4n) is 3.29. The topological polar surface area (TPSA) is 25.2 Å². The largest absolute Gasteiger partial charge is 0.388 e. The van der Waals surface area contributed by atoms with Crippen LogP contribution in [-0.2, 0) is 6.42 Å². The van der Waals surface area contributed by atoms with Gasteiger partial charge in [-0.1, -0.05) is 13.8 Å². The molecule has 1 aliphatic carbocycles. The third-order valence-corrected chi connectivity index (χ3v) is 4.16. The minimum Gasteiger partial charge on any atom is -0.388 e. The summed E-state index contributed by atoms with van der Waals surface area (Å²) in [7, 11) is 0. The molecule has 1 aromatic carbocycles. The Morgan fingerprint density at radius 2 is 1.90 bits per heavy atom. The molecule has 1 unspecified atom stereocenters. The fourth-order valence-corrected chi connectivity index (χ4v) is 3.29. The first-order valence-corrected chi connectivity index (χ1v) is 7.02. The summed E-state index contributed by atoms with van der Waals surface area (Å²) in [6.45, 7) is 6.38. The van der Waals surface area contributed by atoms with Crippen molar-refractivity contribution in [1.29, 1.82) is 0 Å². The molecule has 20 heavy (non-hydrogen) atoms. The lowest BCUT2D eigenvalue weighted by Gasteiger charge is -2.34. The zero-order chi connectivity index (χ0) is 14.5. The molecule has 106 valence electrons. The summed E-state index contributed by atoms with van der Waals surface area (Å²) in [6, 6.07) is 8.59. The van der Waals surface area contributed by atoms with E-state index in [0.29, 0.717) is 0 Å². The quantitative estimate of drug-likeness (QED) is 0.836. The molecule has 0 spiro atoms. The number of halogens is 1. The highest BCUT2D eigenvalue weighted by Crippen LogP contribution is 2.42. The summed E-state index contributed by atoms with van der Waals surface area (Å²) in [4.78, 5) is 0. The molecule has 2 aromatic rings. The molecule has 0 aliphatic heterocycles. The predicted octanol–water partition coefficient (Wildman–Crippen LogP) is 3.93. The van der Waals surface area contributed by atoms with Crippen LogP contribution in [0.5, 0.6) is 0 Å². The molecule has 1 N–H and O–H groups in total. The number of benzene rings is 1. The minimum atomic E-state index is -0.408. The van der Waals surface area contributed by atoms with E-state index in [-0.39, 0.29) is 11.2 Å². The molecule has 0 saturated carbocycles. The normalized spacial score (nSPS) is 20.8. The van der Waals surface area contributed by atoms with E-state index in [9.17, 15) is 9.50 Å². The summed E-state index contributed by atoms with van der Waals surface area (Å²) >= 11 is 0. The Hall–Kier alpha value is -1.61. The number of hydrogen-bond donors (Lipinski definition) is 1. The van der Waals surface area contributed by atoms with Crippen molar-refractivity contribution in [3.05, 3.63) is 53.1 Å². The lowest BCUT2D eigenvalue weighted by Crippen LogP contribution is -2.26. The van der Waals surface area contributed by atoms with Gasteiger partial charge >= 0.3 is 0 Å². The van der Waals surface area contributed by atoms with Crippen LogP contribution in [0.1, 0.15) is 43.3 Å². The predicted molar refractivity (Wildman–Crippen MR) is 77.5 cm³/mol. The Balaban J connectivity index is 2.16. The highest BCUT2D eigenvalue weighted by Gasteiger charge is 2.34. The van der Waals surface area contributed by atoms with Gasteiger partial charge in [-0.2, -0.15) is 0 Å². The summed E-state index contributed by atoms with van der Waals surface area (Å²) in [6.07, 6.45) is 1.30. The lowest BCUT2D eigenvalue weighted by atomic mass is 9.75. The molecular formula is C17H20FNO. The maximum atomic E-state index is 13.1. The van der Waals surface area contributed by atoms with E-state index in [4.69, 9.17) is 0 Å². The number of hydrogen-bond acceptors (Lipinski definition) is 1. The Morgan fingerprint density at radius 3 is 2.55 bits per heavy atom. The van der Waals surface area contributed by atoms with Crippen molar-refractivity contribution >= 4 is 0 Å². The Morgan fingerprint density at radius 1 is 1.25 bits per heavy atom. The standard InChI is InChI=1S/C17H20FNO/c1-11-8-14-15(9-17(2,3)10-16(14)20)19(11)13-6-4-12(18)5-7-13/h4-8,16,20H,9-10H2,1-3H3. The molecule has 0 radical (unpaired) electrons. The van der Waals surface area contributed by atoms with E-state index in [1.54, 1.807) is 12.1 Å². The average molecular weight is 273 g/mol. The van der Waals surface area contributed by atoms with Gasteiger partial charge in [0.15, 0.2) is 0 Å². The van der Waals surface area contributed by atoms with Gasteiger partial charge in [-0.25, -0.2) is 4.39 Å². The van der Waals surface area contributed by atoms with Gasteiger partial charge in [-0.05, 0) is 55.5 Å². The van der Waals surface area contributed by atoms with E-state index in [0.717, 1.165) is 35.5 Å². The number of rotatable bonds is 1. The van der Waals surface area contributed by atoms with Crippen LogP contribution < -0.4 is 0 Å². The zero-order valence-corrected chi connectivity index (χ0v) is 12.2. The van der Waals surface area contributed by atoms with Crippen molar-refractivity contribution in [2.45, 2.75) is 39.7 Å². The summed E-state index contributed by atoms with van der Waals surface area (Å²) in [5.41, 5.74) is 4.28. The summed E-state index contributed by atoms with van der Waals surface area (Å²) < 4.78 is 15.2. The molecule has 0 saturated heterocycles. The van der Waals surface area contributed by atoms with Crippen LogP contribution in [0.3, 0.4) is 0 Å². The van der Waals surface area contributed by atoms with Crippen molar-refractivity contribution in [1.82, 2.24) is 4.57 Å². The maximum absolute atomic E-state index is 13.1. The molecule has 1 heterocycles. The third-order valence-electron chi connectivity index (χ3n) is 4.16. The van der Waals surface area contributed by atoms with E-state index >= 15 is 0 Å². The van der Waals surface area contributed by atoms with Crippen LogP contribution in [-0.4, -0.2) is 9.67 Å². The second-order valence-electron chi connectivity index (χ2n) is 6.56. The molecule has 0 bridgehead atoms. The zero-order valence-electron chi connectivity index (χ0n) is 12.2. The lowest BCUT2D eigenvalue weighted by molar-refractivity contribution is 0.0987. The molecule has 1 aliphatic rings. The van der Waals surface area contributed by atoms with Gasteiger partial charge in [0.1, 0.15) is 5.82 Å². The molecule has 3 heteroatoms. The first-order valence-electron chi connectivity index (χ1n) is 7.02. The van der Waals surface area contributed by atoms with Gasteiger partial charge in [0.05, 0.1) is 6.10 Å². The molecule has 1 atom stereocenters. The second-order valence-corrected chi connectivity index (χ2v) is 6.56. The highest BCUT2D eigenvalue weighted by molar-refractivity contribution is 5.43. The smallest absolute Gasteiger partial charge is 0.123 e. The van der Waals surface area contributed by atoms with Gasteiger partial charge in [0.2, 0.25) is 0 Å². The van der Waals surface area contributed by atoms with Crippen molar-refractivity contribution < 1.29 is 9.50 Å². The Bertz CT molecular complexity index is 640. The second kappa shape index (κ2) is 4.45. The van der Waals surface area contributed by atoms with Crippen LogP contribution in [0.25, 0.3) is 5.69 Å². The Labute approximate surface area is 118 Å². The summed E-state index contributed by atoms with van der Waals surface area (Å²) in [5.74, 6) is -0.229. The number of aliphatic hydroxyl groups excluding tert-OH is 1. The SMILES string of the molecule is Cc1cc2c(n1-c1ccc(F)cc1)CC(C)(C)CC2O. The van der Waals surface area contributed by atoms with Gasteiger partial charge in [-0.15, -0.1) is 0 Å². The number of fused-ring (bicyclic) bond motifs is 1. The van der Waals surface area contributed by atoms with Gasteiger partial charge < -0.3 is 9.67 Å². The molecule has 0 amide bonds. The van der Waals surface area contributed by atoms with E-state index < -0.39 is 6.10 Å². The van der Waals surface area contributed by atoms with Crippen LogP contribution in [0, 0.1) is 18.2 Å². The van der Waals surface area contributed by atoms with Crippen molar-refractivity contribution in [3.8, 4) is 5.69 Å². The monoisotopic (exact) mass is 273 g/mol. The first-order chi connectivity index (χ1) is 9.37. The minimum absolute atomic E-state index is 0.0784. The number of nitrogens with zero attached hydrogens (tertiary/aromatic N) is 1. The van der Waals surface area contributed by atoms with E-state index in [1.165, 1.54) is 12.1 Å². The average Bonchev–Trinajstić information content (AvgIpc) is 2.66. The number of aryl methyl sites for hydroxylation is 1. The van der Waals surface area contributed by atoms with Crippen LogP contribution in [0.2, 0.25) is 0 Å². The van der Waals surface area contributed by atoms with Crippen molar-refractivity contribution in [2.24, 2.45) is 5.41 Å². The molecule has 2 nitrogen and oxygen atoms in total. The van der Waals surface area contributed by atoms with Gasteiger partial charge in [0.25, 0.3) is 0 Å². The Kier molecular flexibility index (Phi) is 2.98. The van der Waals surface area contributed by atoms with Crippen LogP contribution in [0.4, 0.5) is 4.39 Å². The van der Waals surface area contributed by atoms with E-state index in [2.05, 4.69) is 24.5 Å². The highest BCUT2D eigenvalue weighted by atomic mass is 19.1. The molecule has 3 rings (SSSR count). The number of aromatic nitrogens is 1. The molecule has 0 fully saturated rings.